The van der Waals surface area contributed by atoms with Crippen molar-refractivity contribution < 1.29 is 19.4 Å². The Morgan fingerprint density at radius 2 is 2.05 bits per heavy atom. The first-order valence-corrected chi connectivity index (χ1v) is 6.75. The molecule has 0 saturated carbocycles. The van der Waals surface area contributed by atoms with Crippen LogP contribution in [-0.4, -0.2) is 42.3 Å². The fraction of sp³-hybridized carbons (Fsp3) is 0.467. The molecule has 1 heterocycles. The monoisotopic (exact) mass is 277 g/mol. The van der Waals surface area contributed by atoms with Gasteiger partial charge in [0.1, 0.15) is 0 Å². The molecule has 2 rings (SSSR count). The summed E-state index contributed by atoms with van der Waals surface area (Å²) >= 11 is 0. The molecule has 1 aromatic rings. The first-order chi connectivity index (χ1) is 9.60. The predicted molar refractivity (Wildman–Crippen MR) is 73.8 cm³/mol. The number of carboxylic acid groups (broad SMARTS) is 1. The van der Waals surface area contributed by atoms with Gasteiger partial charge in [-0.2, -0.15) is 0 Å². The third-order valence-electron chi connectivity index (χ3n) is 3.69. The highest BCUT2D eigenvalue weighted by Gasteiger charge is 2.23. The van der Waals surface area contributed by atoms with Crippen LogP contribution < -0.4 is 0 Å². The fourth-order valence-corrected chi connectivity index (χ4v) is 2.63. The maximum atomic E-state index is 11.3. The summed E-state index contributed by atoms with van der Waals surface area (Å²) in [6.07, 6.45) is 1.96. The lowest BCUT2D eigenvalue weighted by molar-refractivity contribution is 0.0600. The molecule has 5 heteroatoms. The van der Waals surface area contributed by atoms with Crippen LogP contribution in [0.25, 0.3) is 0 Å². The zero-order chi connectivity index (χ0) is 14.5. The van der Waals surface area contributed by atoms with Crippen LogP contribution in [0.2, 0.25) is 0 Å². The van der Waals surface area contributed by atoms with Crippen molar-refractivity contribution in [2.24, 2.45) is 5.92 Å². The second-order valence-corrected chi connectivity index (χ2v) is 5.13. The van der Waals surface area contributed by atoms with Gasteiger partial charge in [0.15, 0.2) is 0 Å². The topological polar surface area (TPSA) is 66.8 Å². The summed E-state index contributed by atoms with van der Waals surface area (Å²) in [6, 6.07) is 7.32. The van der Waals surface area contributed by atoms with E-state index in [1.807, 2.05) is 12.1 Å². The van der Waals surface area contributed by atoms with Gasteiger partial charge in [-0.15, -0.1) is 0 Å². The number of nitrogens with zero attached hydrogens (tertiary/aromatic N) is 1. The van der Waals surface area contributed by atoms with Crippen molar-refractivity contribution in [3.05, 3.63) is 35.4 Å². The second kappa shape index (κ2) is 6.41. The number of ether oxygens (including phenoxy) is 1. The number of hydrogen-bond acceptors (Lipinski definition) is 3. The van der Waals surface area contributed by atoms with Crippen molar-refractivity contribution in [2.45, 2.75) is 19.3 Å². The lowest BCUT2D eigenvalue weighted by atomic mass is 9.91. The summed E-state index contributed by atoms with van der Waals surface area (Å²) in [5.41, 5.74) is 1.65. The third-order valence-corrected chi connectivity index (χ3v) is 3.69. The average molecular weight is 277 g/mol. The summed E-state index contributed by atoms with van der Waals surface area (Å²) in [4.78, 5) is 23.8. The van der Waals surface area contributed by atoms with E-state index >= 15 is 0 Å². The SMILES string of the molecule is COC(=O)c1ccc(C[C@@H]2CCCN(C(=O)O)C2)cc1. The summed E-state index contributed by atoms with van der Waals surface area (Å²) in [7, 11) is 1.36. The largest absolute Gasteiger partial charge is 0.465 e. The number of benzene rings is 1. The quantitative estimate of drug-likeness (QED) is 0.861. The molecule has 20 heavy (non-hydrogen) atoms. The molecule has 108 valence electrons. The van der Waals surface area contributed by atoms with Gasteiger partial charge in [-0.3, -0.25) is 0 Å². The van der Waals surface area contributed by atoms with Crippen LogP contribution in [0.4, 0.5) is 4.79 Å². The molecule has 1 atom stereocenters. The van der Waals surface area contributed by atoms with Gasteiger partial charge in [-0.25, -0.2) is 9.59 Å². The number of rotatable bonds is 3. The summed E-state index contributed by atoms with van der Waals surface area (Å²) < 4.78 is 4.66. The van der Waals surface area contributed by atoms with Crippen LogP contribution in [0, 0.1) is 5.92 Å². The zero-order valence-corrected chi connectivity index (χ0v) is 11.5. The van der Waals surface area contributed by atoms with Crippen LogP contribution in [-0.2, 0) is 11.2 Å². The Hall–Kier alpha value is -2.04. The number of methoxy groups -OCH3 is 1. The van der Waals surface area contributed by atoms with Crippen LogP contribution in [0.5, 0.6) is 0 Å². The van der Waals surface area contributed by atoms with Crippen molar-refractivity contribution in [1.29, 1.82) is 0 Å². The highest BCUT2D eigenvalue weighted by molar-refractivity contribution is 5.89. The highest BCUT2D eigenvalue weighted by Crippen LogP contribution is 2.21. The van der Waals surface area contributed by atoms with Gasteiger partial charge < -0.3 is 14.7 Å². The summed E-state index contributed by atoms with van der Waals surface area (Å²) in [5.74, 6) is 0.00935. The molecular weight excluding hydrogens is 258 g/mol. The maximum Gasteiger partial charge on any atom is 0.407 e. The van der Waals surface area contributed by atoms with E-state index in [0.29, 0.717) is 24.6 Å². The number of carbonyl (C=O) groups excluding carboxylic acids is 1. The number of likely N-dealkylation sites (tertiary alicyclic amines) is 1. The average Bonchev–Trinajstić information content (AvgIpc) is 2.47. The van der Waals surface area contributed by atoms with E-state index < -0.39 is 6.09 Å². The smallest absolute Gasteiger partial charge is 0.407 e. The van der Waals surface area contributed by atoms with Crippen molar-refractivity contribution in [3.63, 3.8) is 0 Å². The van der Waals surface area contributed by atoms with Gasteiger partial charge in [0.25, 0.3) is 0 Å². The number of amides is 1. The molecule has 0 bridgehead atoms. The van der Waals surface area contributed by atoms with Crippen LogP contribution in [0.1, 0.15) is 28.8 Å². The van der Waals surface area contributed by atoms with Gasteiger partial charge in [0.05, 0.1) is 12.7 Å². The van der Waals surface area contributed by atoms with E-state index in [1.165, 1.54) is 12.0 Å². The second-order valence-electron chi connectivity index (χ2n) is 5.13. The predicted octanol–water partition coefficient (Wildman–Crippen LogP) is 2.41. The minimum atomic E-state index is -0.837. The number of hydrogen-bond donors (Lipinski definition) is 1. The van der Waals surface area contributed by atoms with Crippen molar-refractivity contribution in [1.82, 2.24) is 4.90 Å². The van der Waals surface area contributed by atoms with Crippen molar-refractivity contribution >= 4 is 12.1 Å². The molecule has 0 aliphatic carbocycles. The van der Waals surface area contributed by atoms with Gasteiger partial charge in [-0.1, -0.05) is 12.1 Å². The van der Waals surface area contributed by atoms with Gasteiger partial charge in [0, 0.05) is 13.1 Å². The lowest BCUT2D eigenvalue weighted by Gasteiger charge is -2.30. The molecular formula is C15H19NO4. The normalized spacial score (nSPS) is 18.6. The van der Waals surface area contributed by atoms with Crippen LogP contribution >= 0.6 is 0 Å². The van der Waals surface area contributed by atoms with Crippen molar-refractivity contribution in [2.75, 3.05) is 20.2 Å². The van der Waals surface area contributed by atoms with Gasteiger partial charge in [-0.05, 0) is 42.9 Å². The molecule has 1 N–H and O–H groups in total. The maximum absolute atomic E-state index is 11.3. The standard InChI is InChI=1S/C15H19NO4/c1-20-14(17)13-6-4-11(5-7-13)9-12-3-2-8-16(10-12)15(18)19/h4-7,12H,2-3,8-10H2,1H3,(H,18,19)/t12-/m0/s1. The molecule has 1 fully saturated rings. The first-order valence-electron chi connectivity index (χ1n) is 6.75. The Kier molecular flexibility index (Phi) is 4.61. The van der Waals surface area contributed by atoms with E-state index in [9.17, 15) is 9.59 Å². The van der Waals surface area contributed by atoms with E-state index in [4.69, 9.17) is 5.11 Å². The Morgan fingerprint density at radius 1 is 1.35 bits per heavy atom. The fourth-order valence-electron chi connectivity index (χ4n) is 2.63. The van der Waals surface area contributed by atoms with Gasteiger partial charge >= 0.3 is 12.1 Å². The number of esters is 1. The molecule has 1 aliphatic heterocycles. The Balaban J connectivity index is 1.96. The molecule has 0 radical (unpaired) electrons. The Labute approximate surface area is 118 Å². The molecule has 0 aromatic heterocycles. The molecule has 0 spiro atoms. The molecule has 1 aromatic carbocycles. The lowest BCUT2D eigenvalue weighted by Crippen LogP contribution is -2.39. The van der Waals surface area contributed by atoms with Crippen LogP contribution in [0.3, 0.4) is 0 Å². The Morgan fingerprint density at radius 3 is 2.65 bits per heavy atom. The minimum Gasteiger partial charge on any atom is -0.465 e. The van der Waals surface area contributed by atoms with E-state index in [1.54, 1.807) is 12.1 Å². The molecule has 1 amide bonds. The minimum absolute atomic E-state index is 0.341. The van der Waals surface area contributed by atoms with E-state index in [-0.39, 0.29) is 5.97 Å². The third kappa shape index (κ3) is 3.50. The molecule has 5 nitrogen and oxygen atoms in total. The van der Waals surface area contributed by atoms with E-state index in [0.717, 1.165) is 24.8 Å². The van der Waals surface area contributed by atoms with Gasteiger partial charge in [0.2, 0.25) is 0 Å². The highest BCUT2D eigenvalue weighted by atomic mass is 16.5. The number of piperidine rings is 1. The molecule has 1 saturated heterocycles. The molecule has 0 unspecified atom stereocenters. The molecule has 1 aliphatic rings. The summed E-state index contributed by atoms with van der Waals surface area (Å²) in [6.45, 7) is 1.22. The first kappa shape index (κ1) is 14.4. The Bertz CT molecular complexity index is 483. The van der Waals surface area contributed by atoms with E-state index in [2.05, 4.69) is 4.74 Å². The van der Waals surface area contributed by atoms with Crippen molar-refractivity contribution in [3.8, 4) is 0 Å². The zero-order valence-electron chi connectivity index (χ0n) is 11.5. The van der Waals surface area contributed by atoms with Crippen LogP contribution in [0.15, 0.2) is 24.3 Å². The number of carbonyl (C=O) groups is 2. The summed E-state index contributed by atoms with van der Waals surface area (Å²) in [5, 5.41) is 9.02.